The number of hydrogen-bond acceptors (Lipinski definition) is 4. The van der Waals surface area contributed by atoms with Crippen LogP contribution < -0.4 is 4.74 Å². The lowest BCUT2D eigenvalue weighted by Gasteiger charge is -2.06. The number of aromatic amines is 1. The van der Waals surface area contributed by atoms with Gasteiger partial charge in [0, 0.05) is 23.5 Å². The molecule has 3 aromatic heterocycles. The van der Waals surface area contributed by atoms with E-state index in [0.717, 1.165) is 39.5 Å². The minimum absolute atomic E-state index is 0. The molecule has 5 nitrogen and oxygen atoms in total. The van der Waals surface area contributed by atoms with Gasteiger partial charge in [-0.2, -0.15) is 0 Å². The normalized spacial score (nSPS) is 10.5. The summed E-state index contributed by atoms with van der Waals surface area (Å²) in [6.07, 6.45) is 3.55. The Hall–Kier alpha value is -3.99. The third-order valence-corrected chi connectivity index (χ3v) is 4.68. The summed E-state index contributed by atoms with van der Waals surface area (Å²) in [6.45, 7) is 0.547. The number of nitrogens with zero attached hydrogens (tertiary/aromatic N) is 3. The Morgan fingerprint density at radius 3 is 2.37 bits per heavy atom. The Kier molecular flexibility index (Phi) is 5.52. The average Bonchev–Trinajstić information content (AvgIpc) is 3.23. The monoisotopic (exact) mass is 394 g/mol. The van der Waals surface area contributed by atoms with E-state index in [9.17, 15) is 0 Å². The zero-order valence-electron chi connectivity index (χ0n) is 15.6. The number of ether oxygens (including phenoxy) is 1. The second-order valence-electron chi connectivity index (χ2n) is 6.69. The van der Waals surface area contributed by atoms with Crippen LogP contribution in [0.1, 0.15) is 13.0 Å². The van der Waals surface area contributed by atoms with Crippen molar-refractivity contribution >= 4 is 11.2 Å². The molecule has 0 bridgehead atoms. The van der Waals surface area contributed by atoms with Crippen molar-refractivity contribution in [1.29, 1.82) is 0 Å². The summed E-state index contributed by atoms with van der Waals surface area (Å²) < 4.78 is 5.86. The van der Waals surface area contributed by atoms with Gasteiger partial charge in [0.05, 0.1) is 11.2 Å². The van der Waals surface area contributed by atoms with Crippen LogP contribution in [0.15, 0.2) is 91.3 Å². The van der Waals surface area contributed by atoms with Gasteiger partial charge in [0.1, 0.15) is 18.2 Å². The molecular weight excluding hydrogens is 372 g/mol. The summed E-state index contributed by atoms with van der Waals surface area (Å²) in [7, 11) is 0. The molecule has 0 saturated carbocycles. The lowest BCUT2D eigenvalue weighted by molar-refractivity contribution is 0.306. The van der Waals surface area contributed by atoms with E-state index in [1.54, 1.807) is 12.4 Å². The molecule has 5 aromatic rings. The highest BCUT2D eigenvalue weighted by atomic mass is 16.5. The quantitative estimate of drug-likeness (QED) is 0.403. The topological polar surface area (TPSA) is 63.7 Å². The maximum atomic E-state index is 5.86. The minimum atomic E-state index is 0. The van der Waals surface area contributed by atoms with Crippen molar-refractivity contribution in [2.75, 3.05) is 0 Å². The summed E-state index contributed by atoms with van der Waals surface area (Å²) in [5.41, 5.74) is 5.54. The zero-order chi connectivity index (χ0) is 19.5. The van der Waals surface area contributed by atoms with E-state index in [1.807, 2.05) is 66.7 Å². The highest BCUT2D eigenvalue weighted by Crippen LogP contribution is 2.24. The number of rotatable bonds is 5. The van der Waals surface area contributed by atoms with E-state index in [-0.39, 0.29) is 7.43 Å². The SMILES string of the molecule is C.c1ccc(COc2ccc(-c3nc4nc(-c5cccnc5)ccc4[nH]3)cc2)cc1. The molecule has 0 radical (unpaired) electrons. The fourth-order valence-electron chi connectivity index (χ4n) is 3.15. The second-order valence-corrected chi connectivity index (χ2v) is 6.69. The van der Waals surface area contributed by atoms with Crippen molar-refractivity contribution in [1.82, 2.24) is 19.9 Å². The molecule has 0 fully saturated rings. The molecule has 0 aliphatic heterocycles. The molecule has 3 heterocycles. The van der Waals surface area contributed by atoms with E-state index < -0.39 is 0 Å². The first kappa shape index (κ1) is 19.3. The van der Waals surface area contributed by atoms with E-state index in [2.05, 4.69) is 32.1 Å². The second kappa shape index (κ2) is 8.57. The molecular formula is C25H22N4O. The molecule has 0 saturated heterocycles. The largest absolute Gasteiger partial charge is 0.489 e. The van der Waals surface area contributed by atoms with Gasteiger partial charge >= 0.3 is 0 Å². The van der Waals surface area contributed by atoms with Crippen LogP contribution in [0.3, 0.4) is 0 Å². The van der Waals surface area contributed by atoms with Gasteiger partial charge in [-0.15, -0.1) is 0 Å². The van der Waals surface area contributed by atoms with Gasteiger partial charge in [0.15, 0.2) is 5.65 Å². The average molecular weight is 394 g/mol. The fraction of sp³-hybridized carbons (Fsp3) is 0.0800. The molecule has 5 rings (SSSR count). The Balaban J connectivity index is 0.00000218. The van der Waals surface area contributed by atoms with Crippen molar-refractivity contribution in [2.45, 2.75) is 14.0 Å². The minimum Gasteiger partial charge on any atom is -0.489 e. The van der Waals surface area contributed by atoms with Gasteiger partial charge in [0.25, 0.3) is 0 Å². The Labute approximate surface area is 175 Å². The van der Waals surface area contributed by atoms with Crippen LogP contribution >= 0.6 is 0 Å². The van der Waals surface area contributed by atoms with Gasteiger partial charge < -0.3 is 9.72 Å². The van der Waals surface area contributed by atoms with Gasteiger partial charge in [-0.25, -0.2) is 9.97 Å². The van der Waals surface area contributed by atoms with Gasteiger partial charge in [-0.3, -0.25) is 4.98 Å². The third-order valence-electron chi connectivity index (χ3n) is 4.68. The molecule has 5 heteroatoms. The molecule has 1 N–H and O–H groups in total. The number of imidazole rings is 1. The highest BCUT2D eigenvalue weighted by Gasteiger charge is 2.09. The number of fused-ring (bicyclic) bond motifs is 1. The Morgan fingerprint density at radius 2 is 1.60 bits per heavy atom. The first-order valence-electron chi connectivity index (χ1n) is 9.39. The van der Waals surface area contributed by atoms with Crippen LogP contribution in [0, 0.1) is 0 Å². The van der Waals surface area contributed by atoms with Crippen molar-refractivity contribution in [3.63, 3.8) is 0 Å². The number of pyridine rings is 2. The number of hydrogen-bond donors (Lipinski definition) is 1. The van der Waals surface area contributed by atoms with Crippen LogP contribution in [0.25, 0.3) is 33.8 Å². The maximum Gasteiger partial charge on any atom is 0.178 e. The summed E-state index contributed by atoms with van der Waals surface area (Å²) in [4.78, 5) is 16.8. The molecule has 0 amide bonds. The first-order valence-corrected chi connectivity index (χ1v) is 9.39. The molecule has 0 aliphatic rings. The van der Waals surface area contributed by atoms with E-state index in [0.29, 0.717) is 12.3 Å². The predicted molar refractivity (Wildman–Crippen MR) is 120 cm³/mol. The molecule has 2 aromatic carbocycles. The summed E-state index contributed by atoms with van der Waals surface area (Å²) in [5, 5.41) is 0. The Bertz CT molecular complexity index is 1230. The summed E-state index contributed by atoms with van der Waals surface area (Å²) in [6, 6.07) is 25.9. The third kappa shape index (κ3) is 4.05. The van der Waals surface area contributed by atoms with Crippen molar-refractivity contribution in [2.24, 2.45) is 0 Å². The van der Waals surface area contributed by atoms with E-state index in [1.165, 1.54) is 0 Å². The number of aromatic nitrogens is 4. The summed E-state index contributed by atoms with van der Waals surface area (Å²) >= 11 is 0. The van der Waals surface area contributed by atoms with Crippen LogP contribution in [-0.2, 0) is 6.61 Å². The van der Waals surface area contributed by atoms with Crippen molar-refractivity contribution in [3.05, 3.63) is 96.8 Å². The maximum absolute atomic E-state index is 5.86. The number of H-pyrrole nitrogens is 1. The molecule has 0 aliphatic carbocycles. The predicted octanol–water partition coefficient (Wildman–Crippen LogP) is 5.90. The number of benzene rings is 2. The smallest absolute Gasteiger partial charge is 0.178 e. The summed E-state index contributed by atoms with van der Waals surface area (Å²) in [5.74, 6) is 1.61. The van der Waals surface area contributed by atoms with Gasteiger partial charge in [-0.1, -0.05) is 37.8 Å². The molecule has 0 spiro atoms. The zero-order valence-corrected chi connectivity index (χ0v) is 15.6. The lowest BCUT2D eigenvalue weighted by atomic mass is 10.2. The van der Waals surface area contributed by atoms with Crippen LogP contribution in [0.2, 0.25) is 0 Å². The van der Waals surface area contributed by atoms with Gasteiger partial charge in [-0.05, 0) is 54.1 Å². The van der Waals surface area contributed by atoms with Crippen LogP contribution in [-0.4, -0.2) is 19.9 Å². The molecule has 0 atom stereocenters. The first-order chi connectivity index (χ1) is 14.3. The lowest BCUT2D eigenvalue weighted by Crippen LogP contribution is -1.94. The van der Waals surface area contributed by atoms with Crippen molar-refractivity contribution < 1.29 is 4.74 Å². The number of nitrogens with one attached hydrogen (secondary N) is 1. The van der Waals surface area contributed by atoms with Crippen LogP contribution in [0.4, 0.5) is 0 Å². The van der Waals surface area contributed by atoms with E-state index >= 15 is 0 Å². The van der Waals surface area contributed by atoms with Gasteiger partial charge in [0.2, 0.25) is 0 Å². The Morgan fingerprint density at radius 1 is 0.767 bits per heavy atom. The molecule has 0 unspecified atom stereocenters. The van der Waals surface area contributed by atoms with E-state index in [4.69, 9.17) is 4.74 Å². The standard InChI is InChI=1S/C24H18N4O.CH4/c1-2-5-17(6-3-1)16-29-20-10-8-18(9-11-20)23-27-22-13-12-21(26-24(22)28-23)19-7-4-14-25-15-19;/h1-15H,16H2,(H,26,27,28);1H4. The molecule has 30 heavy (non-hydrogen) atoms. The van der Waals surface area contributed by atoms with Crippen molar-refractivity contribution in [3.8, 4) is 28.4 Å². The fourth-order valence-corrected chi connectivity index (χ4v) is 3.15. The van der Waals surface area contributed by atoms with Crippen LogP contribution in [0.5, 0.6) is 5.75 Å². The highest BCUT2D eigenvalue weighted by molar-refractivity contribution is 5.79. The molecule has 148 valence electrons.